The predicted molar refractivity (Wildman–Crippen MR) is 90.6 cm³/mol. The number of aromatic nitrogens is 3. The van der Waals surface area contributed by atoms with Gasteiger partial charge >= 0.3 is 6.09 Å². The van der Waals surface area contributed by atoms with Gasteiger partial charge < -0.3 is 9.84 Å². The quantitative estimate of drug-likeness (QED) is 0.749. The molecule has 22 heavy (non-hydrogen) atoms. The molecule has 2 aromatic heterocycles. The average Bonchev–Trinajstić information content (AvgIpc) is 2.78. The fourth-order valence-electron chi connectivity index (χ4n) is 1.79. The molecule has 2 heterocycles. The predicted octanol–water partition coefficient (Wildman–Crippen LogP) is 3.00. The molecular weight excluding hydrogens is 399 g/mol. The van der Waals surface area contributed by atoms with Gasteiger partial charge in [-0.15, -0.1) is 0 Å². The smallest absolute Gasteiger partial charge is 0.412 e. The molecule has 0 atom stereocenters. The number of aryl methyl sites for hydroxylation is 1. The molecule has 2 N–H and O–H groups in total. The van der Waals surface area contributed by atoms with Gasteiger partial charge in [-0.25, -0.2) is 9.78 Å². The zero-order chi connectivity index (χ0) is 16.3. The maximum atomic E-state index is 11.6. The molecule has 1 amide bonds. The van der Waals surface area contributed by atoms with Crippen LogP contribution in [-0.2, 0) is 11.8 Å². The zero-order valence-corrected chi connectivity index (χ0v) is 14.7. The molecule has 118 valence electrons. The van der Waals surface area contributed by atoms with Crippen molar-refractivity contribution < 1.29 is 14.6 Å². The lowest BCUT2D eigenvalue weighted by molar-refractivity contribution is 0.147. The van der Waals surface area contributed by atoms with Crippen molar-refractivity contribution in [2.45, 2.75) is 13.8 Å². The van der Waals surface area contributed by atoms with Crippen LogP contribution in [-0.4, -0.2) is 32.6 Å². The number of pyridine rings is 1. The fraction of sp³-hybridized carbons (Fsp3) is 0.357. The van der Waals surface area contributed by atoms with Crippen LogP contribution < -0.4 is 5.32 Å². The molecule has 0 saturated heterocycles. The van der Waals surface area contributed by atoms with E-state index in [2.05, 4.69) is 38.0 Å². The van der Waals surface area contributed by atoms with E-state index in [1.54, 1.807) is 17.1 Å². The van der Waals surface area contributed by atoms with Crippen molar-refractivity contribution in [3.63, 3.8) is 0 Å². The Balaban J connectivity index is 2.15. The lowest BCUT2D eigenvalue weighted by Gasteiger charge is -2.10. The van der Waals surface area contributed by atoms with Gasteiger partial charge in [0.15, 0.2) is 11.6 Å². The number of nitrogens with zero attached hydrogens (tertiary/aromatic N) is 3. The van der Waals surface area contributed by atoms with Crippen molar-refractivity contribution in [2.24, 2.45) is 13.0 Å². The van der Waals surface area contributed by atoms with Gasteiger partial charge in [-0.1, -0.05) is 13.8 Å². The summed E-state index contributed by atoms with van der Waals surface area (Å²) in [6.07, 6.45) is 2.65. The monoisotopic (exact) mass is 416 g/mol. The summed E-state index contributed by atoms with van der Waals surface area (Å²) in [5.74, 6) is 0.173. The third-order valence-corrected chi connectivity index (χ3v) is 3.59. The van der Waals surface area contributed by atoms with Crippen LogP contribution in [0.5, 0.6) is 5.75 Å². The summed E-state index contributed by atoms with van der Waals surface area (Å²) in [5.41, 5.74) is 1.56. The molecule has 2 aromatic rings. The number of nitrogens with one attached hydrogen (secondary N) is 1. The minimum absolute atomic E-state index is 0.0645. The number of rotatable bonds is 4. The van der Waals surface area contributed by atoms with Gasteiger partial charge in [-0.05, 0) is 34.6 Å². The Kier molecular flexibility index (Phi) is 5.22. The summed E-state index contributed by atoms with van der Waals surface area (Å²) in [6.45, 7) is 4.18. The van der Waals surface area contributed by atoms with Gasteiger partial charge in [0.2, 0.25) is 0 Å². The van der Waals surface area contributed by atoms with Crippen LogP contribution in [0.2, 0.25) is 0 Å². The summed E-state index contributed by atoms with van der Waals surface area (Å²) in [7, 11) is 1.81. The van der Waals surface area contributed by atoms with Crippen LogP contribution >= 0.6 is 22.6 Å². The molecule has 0 bridgehead atoms. The molecule has 2 rings (SSSR count). The first-order chi connectivity index (χ1) is 10.4. The van der Waals surface area contributed by atoms with Crippen molar-refractivity contribution in [1.29, 1.82) is 0 Å². The van der Waals surface area contributed by atoms with Gasteiger partial charge in [0.05, 0.1) is 22.1 Å². The van der Waals surface area contributed by atoms with Crippen LogP contribution in [0, 0.1) is 9.49 Å². The van der Waals surface area contributed by atoms with Crippen LogP contribution in [0.15, 0.2) is 18.5 Å². The van der Waals surface area contributed by atoms with Crippen LogP contribution in [0.25, 0.3) is 11.3 Å². The maximum absolute atomic E-state index is 11.6. The normalized spacial score (nSPS) is 10.8. The summed E-state index contributed by atoms with van der Waals surface area (Å²) in [6, 6.07) is 1.53. The minimum Gasteiger partial charge on any atom is -0.504 e. The van der Waals surface area contributed by atoms with Gasteiger partial charge in [-0.3, -0.25) is 10.00 Å². The molecule has 0 aromatic carbocycles. The van der Waals surface area contributed by atoms with Crippen molar-refractivity contribution in [3.8, 4) is 17.0 Å². The van der Waals surface area contributed by atoms with E-state index in [0.29, 0.717) is 12.2 Å². The first-order valence-corrected chi connectivity index (χ1v) is 7.77. The minimum atomic E-state index is -0.639. The maximum Gasteiger partial charge on any atom is 0.412 e. The van der Waals surface area contributed by atoms with Crippen molar-refractivity contribution >= 4 is 34.5 Å². The molecule has 7 nitrogen and oxygen atoms in total. The third kappa shape index (κ3) is 3.87. The Morgan fingerprint density at radius 1 is 1.50 bits per heavy atom. The number of carbonyl (C=O) groups is 1. The molecular formula is C14H17IN4O3. The van der Waals surface area contributed by atoms with Crippen LogP contribution in [0.3, 0.4) is 0 Å². The van der Waals surface area contributed by atoms with Gasteiger partial charge in [0.25, 0.3) is 0 Å². The first-order valence-electron chi connectivity index (χ1n) is 6.69. The third-order valence-electron chi connectivity index (χ3n) is 2.80. The Morgan fingerprint density at radius 3 is 2.77 bits per heavy atom. The molecule has 0 aliphatic heterocycles. The second-order valence-corrected chi connectivity index (χ2v) is 6.34. The molecule has 0 fully saturated rings. The Hall–Kier alpha value is -1.84. The van der Waals surface area contributed by atoms with Crippen LogP contribution in [0.1, 0.15) is 13.8 Å². The van der Waals surface area contributed by atoms with E-state index in [1.807, 2.05) is 20.9 Å². The Morgan fingerprint density at radius 2 is 2.23 bits per heavy atom. The molecule has 0 aliphatic rings. The summed E-state index contributed by atoms with van der Waals surface area (Å²) >= 11 is 2.16. The number of carbonyl (C=O) groups excluding carboxylic acids is 1. The number of hydrogen-bond acceptors (Lipinski definition) is 5. The second kappa shape index (κ2) is 6.95. The number of anilines is 1. The van der Waals surface area contributed by atoms with E-state index >= 15 is 0 Å². The van der Waals surface area contributed by atoms with E-state index in [-0.39, 0.29) is 17.5 Å². The summed E-state index contributed by atoms with van der Waals surface area (Å²) in [5, 5.41) is 16.6. The fourth-order valence-corrected chi connectivity index (χ4v) is 2.57. The van der Waals surface area contributed by atoms with E-state index in [1.165, 1.54) is 6.07 Å². The van der Waals surface area contributed by atoms with Gasteiger partial charge in [0, 0.05) is 18.8 Å². The number of hydrogen-bond donors (Lipinski definition) is 2. The SMILES string of the molecule is CC(C)COC(=O)Nc1ncc(-c2c(I)cnn2C)cc1O. The lowest BCUT2D eigenvalue weighted by Crippen LogP contribution is -2.17. The molecule has 0 spiro atoms. The Labute approximate surface area is 141 Å². The number of aromatic hydroxyl groups is 1. The first kappa shape index (κ1) is 16.5. The Bertz CT molecular complexity index is 665. The van der Waals surface area contributed by atoms with Crippen molar-refractivity contribution in [1.82, 2.24) is 14.8 Å². The van der Waals surface area contributed by atoms with E-state index in [0.717, 1.165) is 9.26 Å². The highest BCUT2D eigenvalue weighted by Crippen LogP contribution is 2.30. The van der Waals surface area contributed by atoms with E-state index < -0.39 is 6.09 Å². The number of amides is 1. The summed E-state index contributed by atoms with van der Waals surface area (Å²) in [4.78, 5) is 15.7. The summed E-state index contributed by atoms with van der Waals surface area (Å²) < 4.78 is 7.63. The largest absolute Gasteiger partial charge is 0.504 e. The van der Waals surface area contributed by atoms with Crippen molar-refractivity contribution in [2.75, 3.05) is 11.9 Å². The zero-order valence-electron chi connectivity index (χ0n) is 12.5. The van der Waals surface area contributed by atoms with Gasteiger partial charge in [-0.2, -0.15) is 5.10 Å². The highest BCUT2D eigenvalue weighted by molar-refractivity contribution is 14.1. The molecule has 0 unspecified atom stereocenters. The molecule has 0 aliphatic carbocycles. The molecule has 0 radical (unpaired) electrons. The lowest BCUT2D eigenvalue weighted by atomic mass is 10.2. The number of ether oxygens (including phenoxy) is 1. The second-order valence-electron chi connectivity index (χ2n) is 5.17. The highest BCUT2D eigenvalue weighted by Gasteiger charge is 2.14. The standard InChI is InChI=1S/C14H17IN4O3/c1-8(2)7-22-14(21)18-13-11(20)4-9(5-16-13)12-10(15)6-17-19(12)3/h4-6,8,20H,7H2,1-3H3,(H,16,18,21). The molecule has 8 heteroatoms. The molecule has 0 saturated carbocycles. The van der Waals surface area contributed by atoms with Crippen LogP contribution in [0.4, 0.5) is 10.6 Å². The van der Waals surface area contributed by atoms with Crippen molar-refractivity contribution in [3.05, 3.63) is 22.0 Å². The van der Waals surface area contributed by atoms with Gasteiger partial charge in [0.1, 0.15) is 0 Å². The highest BCUT2D eigenvalue weighted by atomic mass is 127. The van der Waals surface area contributed by atoms with E-state index in [9.17, 15) is 9.90 Å². The number of halogens is 1. The average molecular weight is 416 g/mol. The van der Waals surface area contributed by atoms with E-state index in [4.69, 9.17) is 4.74 Å². The topological polar surface area (TPSA) is 89.3 Å².